The van der Waals surface area contributed by atoms with E-state index in [2.05, 4.69) is 46.4 Å². The number of hydrogen-bond donors (Lipinski definition) is 1. The molecule has 1 saturated heterocycles. The molecule has 0 aromatic heterocycles. The van der Waals surface area contributed by atoms with Crippen LogP contribution in [0.3, 0.4) is 0 Å². The van der Waals surface area contributed by atoms with Crippen LogP contribution in [0.5, 0.6) is 0 Å². The van der Waals surface area contributed by atoms with E-state index in [1.54, 1.807) is 0 Å². The molecular formula is C17H34N2O. The summed E-state index contributed by atoms with van der Waals surface area (Å²) in [5.41, 5.74) is 7.21. The van der Waals surface area contributed by atoms with Crippen LogP contribution < -0.4 is 5.73 Å². The van der Waals surface area contributed by atoms with Crippen LogP contribution >= 0.6 is 0 Å². The molecule has 1 aliphatic heterocycles. The Bertz CT molecular complexity index is 335. The lowest BCUT2D eigenvalue weighted by molar-refractivity contribution is -0.129. The fraction of sp³-hybridized carbons (Fsp3) is 1.00. The van der Waals surface area contributed by atoms with Crippen molar-refractivity contribution in [1.82, 2.24) is 4.90 Å². The van der Waals surface area contributed by atoms with E-state index in [-0.39, 0.29) is 5.54 Å². The highest BCUT2D eigenvalue weighted by molar-refractivity contribution is 5.06. The molecule has 1 heterocycles. The van der Waals surface area contributed by atoms with Crippen LogP contribution in [0.1, 0.15) is 60.8 Å². The summed E-state index contributed by atoms with van der Waals surface area (Å²) in [7, 11) is 0. The van der Waals surface area contributed by atoms with Gasteiger partial charge in [0.2, 0.25) is 0 Å². The Hall–Kier alpha value is -0.120. The van der Waals surface area contributed by atoms with Crippen molar-refractivity contribution in [3.63, 3.8) is 0 Å². The summed E-state index contributed by atoms with van der Waals surface area (Å²) in [5, 5.41) is 0. The standard InChI is InChI=1S/C17H34N2O/c1-13-8-20-14(2)7-19(13)17(12-18)10-15(3,4)9-16(5,6)11-17/h13-14H,7-12,18H2,1-6H3. The van der Waals surface area contributed by atoms with E-state index in [0.717, 1.165) is 19.7 Å². The summed E-state index contributed by atoms with van der Waals surface area (Å²) < 4.78 is 5.82. The zero-order chi connectivity index (χ0) is 15.2. The molecule has 2 atom stereocenters. The molecule has 0 aromatic rings. The molecule has 0 bridgehead atoms. The lowest BCUT2D eigenvalue weighted by Gasteiger charge is -2.59. The zero-order valence-electron chi connectivity index (χ0n) is 14.3. The minimum atomic E-state index is 0.142. The molecule has 1 saturated carbocycles. The van der Waals surface area contributed by atoms with Gasteiger partial charge in [-0.1, -0.05) is 27.7 Å². The van der Waals surface area contributed by atoms with Gasteiger partial charge in [0.1, 0.15) is 0 Å². The predicted octanol–water partition coefficient (Wildman–Crippen LogP) is 3.03. The van der Waals surface area contributed by atoms with Gasteiger partial charge in [-0.15, -0.1) is 0 Å². The van der Waals surface area contributed by atoms with Crippen molar-refractivity contribution in [3.8, 4) is 0 Å². The van der Waals surface area contributed by atoms with Crippen LogP contribution in [0.2, 0.25) is 0 Å². The fourth-order valence-electron chi connectivity index (χ4n) is 5.29. The Morgan fingerprint density at radius 1 is 1.05 bits per heavy atom. The number of morpholine rings is 1. The molecule has 2 rings (SSSR count). The van der Waals surface area contributed by atoms with Crippen LogP contribution in [-0.2, 0) is 4.74 Å². The molecule has 1 aliphatic carbocycles. The highest BCUT2D eigenvalue weighted by atomic mass is 16.5. The topological polar surface area (TPSA) is 38.5 Å². The minimum Gasteiger partial charge on any atom is -0.376 e. The smallest absolute Gasteiger partial charge is 0.0675 e. The highest BCUT2D eigenvalue weighted by Gasteiger charge is 2.51. The summed E-state index contributed by atoms with van der Waals surface area (Å²) in [4.78, 5) is 2.67. The van der Waals surface area contributed by atoms with E-state index in [9.17, 15) is 0 Å². The Kier molecular flexibility index (Phi) is 4.27. The molecule has 2 fully saturated rings. The highest BCUT2D eigenvalue weighted by Crippen LogP contribution is 2.52. The molecule has 0 spiro atoms. The van der Waals surface area contributed by atoms with Crippen LogP contribution in [0.15, 0.2) is 0 Å². The monoisotopic (exact) mass is 282 g/mol. The molecule has 0 aromatic carbocycles. The van der Waals surface area contributed by atoms with Gasteiger partial charge in [-0.3, -0.25) is 4.90 Å². The largest absolute Gasteiger partial charge is 0.376 e. The lowest BCUT2D eigenvalue weighted by atomic mass is 9.57. The molecule has 0 radical (unpaired) electrons. The van der Waals surface area contributed by atoms with E-state index in [4.69, 9.17) is 10.5 Å². The maximum Gasteiger partial charge on any atom is 0.0675 e. The second-order valence-electron chi connectivity index (χ2n) is 8.93. The predicted molar refractivity (Wildman–Crippen MR) is 84.8 cm³/mol. The fourth-order valence-corrected chi connectivity index (χ4v) is 5.29. The van der Waals surface area contributed by atoms with Crippen LogP contribution in [0.25, 0.3) is 0 Å². The summed E-state index contributed by atoms with van der Waals surface area (Å²) in [6.07, 6.45) is 4.02. The third-order valence-corrected chi connectivity index (χ3v) is 5.17. The number of nitrogens with zero attached hydrogens (tertiary/aromatic N) is 1. The van der Waals surface area contributed by atoms with Crippen LogP contribution in [0, 0.1) is 10.8 Å². The molecule has 2 unspecified atom stereocenters. The molecule has 118 valence electrons. The van der Waals surface area contributed by atoms with E-state index in [0.29, 0.717) is 23.0 Å². The van der Waals surface area contributed by atoms with Crippen molar-refractivity contribution in [2.75, 3.05) is 19.7 Å². The first-order chi connectivity index (χ1) is 9.09. The van der Waals surface area contributed by atoms with Gasteiger partial charge < -0.3 is 10.5 Å². The second-order valence-corrected chi connectivity index (χ2v) is 8.93. The van der Waals surface area contributed by atoms with E-state index in [1.165, 1.54) is 19.3 Å². The van der Waals surface area contributed by atoms with Gasteiger partial charge in [-0.25, -0.2) is 0 Å². The summed E-state index contributed by atoms with van der Waals surface area (Å²) >= 11 is 0. The van der Waals surface area contributed by atoms with Crippen molar-refractivity contribution >= 4 is 0 Å². The van der Waals surface area contributed by atoms with Crippen molar-refractivity contribution in [2.45, 2.75) is 78.5 Å². The summed E-state index contributed by atoms with van der Waals surface area (Å²) in [6.45, 7) is 16.7. The number of hydrogen-bond acceptors (Lipinski definition) is 3. The second kappa shape index (κ2) is 5.26. The van der Waals surface area contributed by atoms with Crippen molar-refractivity contribution < 1.29 is 4.74 Å². The van der Waals surface area contributed by atoms with Crippen LogP contribution in [-0.4, -0.2) is 42.3 Å². The summed E-state index contributed by atoms with van der Waals surface area (Å²) in [5.74, 6) is 0. The lowest BCUT2D eigenvalue weighted by Crippen LogP contribution is -2.66. The zero-order valence-corrected chi connectivity index (χ0v) is 14.3. The van der Waals surface area contributed by atoms with E-state index >= 15 is 0 Å². The first-order valence-electron chi connectivity index (χ1n) is 8.18. The first-order valence-corrected chi connectivity index (χ1v) is 8.18. The van der Waals surface area contributed by atoms with Crippen molar-refractivity contribution in [3.05, 3.63) is 0 Å². The molecule has 3 heteroatoms. The Morgan fingerprint density at radius 3 is 2.10 bits per heavy atom. The van der Waals surface area contributed by atoms with Gasteiger partial charge in [-0.2, -0.15) is 0 Å². The summed E-state index contributed by atoms with van der Waals surface area (Å²) in [6, 6.07) is 0.472. The normalized spacial score (nSPS) is 36.8. The quantitative estimate of drug-likeness (QED) is 0.846. The average Bonchev–Trinajstić information content (AvgIpc) is 2.28. The molecule has 0 amide bonds. The maximum absolute atomic E-state index is 6.34. The first kappa shape index (κ1) is 16.3. The molecule has 3 nitrogen and oxygen atoms in total. The van der Waals surface area contributed by atoms with Gasteiger partial charge >= 0.3 is 0 Å². The Labute approximate surface area is 125 Å². The molecule has 2 N–H and O–H groups in total. The molecule has 20 heavy (non-hydrogen) atoms. The van der Waals surface area contributed by atoms with Crippen LogP contribution in [0.4, 0.5) is 0 Å². The third kappa shape index (κ3) is 3.20. The Balaban J connectivity index is 2.31. The average molecular weight is 282 g/mol. The minimum absolute atomic E-state index is 0.142. The van der Waals surface area contributed by atoms with Crippen molar-refractivity contribution in [1.29, 1.82) is 0 Å². The van der Waals surface area contributed by atoms with E-state index in [1.807, 2.05) is 0 Å². The number of nitrogens with two attached hydrogens (primary N) is 1. The SMILES string of the molecule is CC1CN(C2(CN)CC(C)(C)CC(C)(C)C2)C(C)CO1. The van der Waals surface area contributed by atoms with Gasteiger partial charge in [0, 0.05) is 24.7 Å². The van der Waals surface area contributed by atoms with Gasteiger partial charge in [0.15, 0.2) is 0 Å². The Morgan fingerprint density at radius 2 is 1.60 bits per heavy atom. The van der Waals surface area contributed by atoms with E-state index < -0.39 is 0 Å². The maximum atomic E-state index is 6.34. The third-order valence-electron chi connectivity index (χ3n) is 5.17. The number of rotatable bonds is 2. The number of ether oxygens (including phenoxy) is 1. The van der Waals surface area contributed by atoms with Gasteiger partial charge in [0.25, 0.3) is 0 Å². The molecular weight excluding hydrogens is 248 g/mol. The van der Waals surface area contributed by atoms with Gasteiger partial charge in [-0.05, 0) is 43.9 Å². The van der Waals surface area contributed by atoms with Gasteiger partial charge in [0.05, 0.1) is 12.7 Å². The van der Waals surface area contributed by atoms with Crippen molar-refractivity contribution in [2.24, 2.45) is 16.6 Å². The molecule has 2 aliphatic rings.